The quantitative estimate of drug-likeness (QED) is 0.738. The van der Waals surface area contributed by atoms with Crippen molar-refractivity contribution in [3.63, 3.8) is 0 Å². The molecule has 0 bridgehead atoms. The molecule has 0 N–H and O–H groups in total. The topological polar surface area (TPSA) is 12.5 Å². The Kier molecular flexibility index (Phi) is 2.42. The van der Waals surface area contributed by atoms with E-state index >= 15 is 0 Å². The molecular formula is C14H10ClFO. The second kappa shape index (κ2) is 3.83. The Morgan fingerprint density at radius 1 is 1.06 bits per heavy atom. The van der Waals surface area contributed by atoms with E-state index in [4.69, 9.17) is 16.3 Å². The summed E-state index contributed by atoms with van der Waals surface area (Å²) < 4.78 is 18.5. The maximum Gasteiger partial charge on any atom is 0.143 e. The Hall–Kier alpha value is -1.38. The van der Waals surface area contributed by atoms with Gasteiger partial charge in [0, 0.05) is 10.6 Å². The van der Waals surface area contributed by atoms with E-state index in [9.17, 15) is 4.39 Å². The SMILES string of the molecule is Fc1ccc(C2(c3ccccc3Cl)CO2)cc1. The van der Waals surface area contributed by atoms with Gasteiger partial charge in [-0.25, -0.2) is 4.39 Å². The highest BCUT2D eigenvalue weighted by molar-refractivity contribution is 6.31. The second-order valence-electron chi connectivity index (χ2n) is 4.10. The summed E-state index contributed by atoms with van der Waals surface area (Å²) in [7, 11) is 0. The second-order valence-corrected chi connectivity index (χ2v) is 4.51. The molecule has 1 aliphatic heterocycles. The molecule has 3 rings (SSSR count). The molecule has 2 aromatic carbocycles. The monoisotopic (exact) mass is 248 g/mol. The van der Waals surface area contributed by atoms with Crippen molar-refractivity contribution in [3.8, 4) is 0 Å². The number of halogens is 2. The standard InChI is InChI=1S/C14H10ClFO/c15-13-4-2-1-3-12(13)14(9-17-14)10-5-7-11(16)8-6-10/h1-8H,9H2. The first-order valence-electron chi connectivity index (χ1n) is 5.37. The minimum atomic E-state index is -0.480. The van der Waals surface area contributed by atoms with E-state index in [0.29, 0.717) is 11.6 Å². The lowest BCUT2D eigenvalue weighted by Gasteiger charge is -2.14. The van der Waals surface area contributed by atoms with Crippen LogP contribution in [0.25, 0.3) is 0 Å². The van der Waals surface area contributed by atoms with E-state index in [-0.39, 0.29) is 5.82 Å². The molecule has 17 heavy (non-hydrogen) atoms. The molecule has 2 aromatic rings. The van der Waals surface area contributed by atoms with E-state index in [0.717, 1.165) is 11.1 Å². The molecule has 1 heterocycles. The Bertz CT molecular complexity index is 546. The zero-order valence-corrected chi connectivity index (χ0v) is 9.75. The van der Waals surface area contributed by atoms with Crippen molar-refractivity contribution < 1.29 is 9.13 Å². The number of ether oxygens (including phenoxy) is 1. The lowest BCUT2D eigenvalue weighted by atomic mass is 9.92. The van der Waals surface area contributed by atoms with Crippen molar-refractivity contribution in [3.05, 3.63) is 70.5 Å². The molecule has 0 aromatic heterocycles. The van der Waals surface area contributed by atoms with Gasteiger partial charge in [0.1, 0.15) is 11.4 Å². The fourth-order valence-corrected chi connectivity index (χ4v) is 2.35. The first kappa shape index (κ1) is 10.8. The van der Waals surface area contributed by atoms with Gasteiger partial charge in [-0.2, -0.15) is 0 Å². The van der Waals surface area contributed by atoms with Gasteiger partial charge in [0.05, 0.1) is 6.61 Å². The van der Waals surface area contributed by atoms with E-state index in [1.807, 2.05) is 24.3 Å². The van der Waals surface area contributed by atoms with Crippen LogP contribution in [0.15, 0.2) is 48.5 Å². The van der Waals surface area contributed by atoms with Crippen molar-refractivity contribution in [1.29, 1.82) is 0 Å². The Balaban J connectivity index is 2.08. The number of benzene rings is 2. The minimum absolute atomic E-state index is 0.247. The van der Waals surface area contributed by atoms with E-state index < -0.39 is 5.60 Å². The Morgan fingerprint density at radius 3 is 2.29 bits per heavy atom. The molecule has 0 amide bonds. The summed E-state index contributed by atoms with van der Waals surface area (Å²) in [6.45, 7) is 0.586. The first-order valence-corrected chi connectivity index (χ1v) is 5.75. The van der Waals surface area contributed by atoms with Crippen LogP contribution >= 0.6 is 11.6 Å². The third kappa shape index (κ3) is 1.74. The Morgan fingerprint density at radius 2 is 1.71 bits per heavy atom. The van der Waals surface area contributed by atoms with Crippen LogP contribution in [0, 0.1) is 5.82 Å². The smallest absolute Gasteiger partial charge is 0.143 e. The third-order valence-electron chi connectivity index (χ3n) is 3.05. The fourth-order valence-electron chi connectivity index (χ4n) is 2.06. The van der Waals surface area contributed by atoms with Gasteiger partial charge in [-0.1, -0.05) is 41.9 Å². The molecule has 1 fully saturated rings. The molecule has 0 spiro atoms. The van der Waals surface area contributed by atoms with Crippen LogP contribution in [0.4, 0.5) is 4.39 Å². The summed E-state index contributed by atoms with van der Waals surface area (Å²) in [6, 6.07) is 14.0. The van der Waals surface area contributed by atoms with Gasteiger partial charge >= 0.3 is 0 Å². The fraction of sp³-hybridized carbons (Fsp3) is 0.143. The van der Waals surface area contributed by atoms with Crippen molar-refractivity contribution in [2.24, 2.45) is 0 Å². The molecule has 0 saturated carbocycles. The summed E-state index contributed by atoms with van der Waals surface area (Å²) in [5.41, 5.74) is 1.40. The van der Waals surface area contributed by atoms with E-state index in [1.165, 1.54) is 12.1 Å². The molecule has 1 nitrogen and oxygen atoms in total. The van der Waals surface area contributed by atoms with Crippen LogP contribution < -0.4 is 0 Å². The molecule has 1 unspecified atom stereocenters. The molecule has 1 saturated heterocycles. The highest BCUT2D eigenvalue weighted by Gasteiger charge is 2.49. The van der Waals surface area contributed by atoms with Crippen molar-refractivity contribution in [2.45, 2.75) is 5.60 Å². The molecule has 1 aliphatic rings. The number of hydrogen-bond acceptors (Lipinski definition) is 1. The van der Waals surface area contributed by atoms with Crippen LogP contribution in [-0.4, -0.2) is 6.61 Å². The molecule has 86 valence electrons. The van der Waals surface area contributed by atoms with Gasteiger partial charge in [0.2, 0.25) is 0 Å². The highest BCUT2D eigenvalue weighted by atomic mass is 35.5. The predicted molar refractivity (Wildman–Crippen MR) is 64.6 cm³/mol. The minimum Gasteiger partial charge on any atom is -0.359 e. The summed E-state index contributed by atoms with van der Waals surface area (Å²) in [5, 5.41) is 0.675. The normalized spacial score (nSPS) is 22.5. The number of epoxide rings is 1. The van der Waals surface area contributed by atoms with Crippen LogP contribution in [0.3, 0.4) is 0 Å². The largest absolute Gasteiger partial charge is 0.359 e. The van der Waals surface area contributed by atoms with Crippen LogP contribution in [0.1, 0.15) is 11.1 Å². The third-order valence-corrected chi connectivity index (χ3v) is 3.38. The summed E-state index contributed by atoms with van der Waals surface area (Å²) >= 11 is 6.18. The summed E-state index contributed by atoms with van der Waals surface area (Å²) in [6.07, 6.45) is 0. The van der Waals surface area contributed by atoms with Crippen LogP contribution in [0.5, 0.6) is 0 Å². The maximum absolute atomic E-state index is 12.9. The number of hydrogen-bond donors (Lipinski definition) is 0. The molecule has 0 aliphatic carbocycles. The van der Waals surface area contributed by atoms with Gasteiger partial charge in [-0.3, -0.25) is 0 Å². The van der Waals surface area contributed by atoms with Gasteiger partial charge in [0.25, 0.3) is 0 Å². The maximum atomic E-state index is 12.9. The Labute approximate surface area is 104 Å². The zero-order chi connectivity index (χ0) is 11.9. The predicted octanol–water partition coefficient (Wildman–Crippen LogP) is 3.75. The van der Waals surface area contributed by atoms with E-state index in [1.54, 1.807) is 12.1 Å². The summed E-state index contributed by atoms with van der Waals surface area (Å²) in [5.74, 6) is -0.247. The zero-order valence-electron chi connectivity index (χ0n) is 8.99. The van der Waals surface area contributed by atoms with Crippen molar-refractivity contribution in [2.75, 3.05) is 6.61 Å². The average Bonchev–Trinajstić information content (AvgIpc) is 3.12. The van der Waals surface area contributed by atoms with Crippen molar-refractivity contribution in [1.82, 2.24) is 0 Å². The van der Waals surface area contributed by atoms with Crippen LogP contribution in [0.2, 0.25) is 5.02 Å². The van der Waals surface area contributed by atoms with Gasteiger partial charge < -0.3 is 4.74 Å². The molecule has 0 radical (unpaired) electrons. The molecular weight excluding hydrogens is 239 g/mol. The van der Waals surface area contributed by atoms with E-state index in [2.05, 4.69) is 0 Å². The lowest BCUT2D eigenvalue weighted by Crippen LogP contribution is -2.11. The molecule has 3 heteroatoms. The number of rotatable bonds is 2. The van der Waals surface area contributed by atoms with Gasteiger partial charge in [-0.05, 0) is 23.8 Å². The molecule has 1 atom stereocenters. The van der Waals surface area contributed by atoms with Crippen LogP contribution in [-0.2, 0) is 10.3 Å². The first-order chi connectivity index (χ1) is 8.22. The highest BCUT2D eigenvalue weighted by Crippen LogP contribution is 2.47. The average molecular weight is 249 g/mol. The lowest BCUT2D eigenvalue weighted by molar-refractivity contribution is 0.349. The van der Waals surface area contributed by atoms with Gasteiger partial charge in [0.15, 0.2) is 0 Å². The van der Waals surface area contributed by atoms with Crippen molar-refractivity contribution >= 4 is 11.6 Å². The van der Waals surface area contributed by atoms with Gasteiger partial charge in [-0.15, -0.1) is 0 Å². The summed E-state index contributed by atoms with van der Waals surface area (Å²) in [4.78, 5) is 0.